The highest BCUT2D eigenvalue weighted by molar-refractivity contribution is 7.89. The Bertz CT molecular complexity index is 861. The van der Waals surface area contributed by atoms with Crippen LogP contribution in [0.15, 0.2) is 41.3 Å². The predicted molar refractivity (Wildman–Crippen MR) is 71.5 cm³/mol. The van der Waals surface area contributed by atoms with E-state index in [9.17, 15) is 21.6 Å². The molecule has 0 aliphatic heterocycles. The maximum atomic E-state index is 13.5. The SMILES string of the molecule is N#Cc1cccc(S(=O)(=O)NCc2ccc(F)c(F)c2F)c1. The summed E-state index contributed by atoms with van der Waals surface area (Å²) in [7, 11) is -4.01. The number of sulfonamides is 1. The largest absolute Gasteiger partial charge is 0.240 e. The molecule has 0 atom stereocenters. The lowest BCUT2D eigenvalue weighted by molar-refractivity contribution is 0.440. The number of nitrogens with one attached hydrogen (secondary N) is 1. The van der Waals surface area contributed by atoms with Crippen LogP contribution in [0.3, 0.4) is 0 Å². The Kier molecular flexibility index (Phi) is 4.49. The Labute approximate surface area is 124 Å². The van der Waals surface area contributed by atoms with E-state index < -0.39 is 34.0 Å². The van der Waals surface area contributed by atoms with Crippen LogP contribution in [-0.4, -0.2) is 8.42 Å². The molecule has 0 heterocycles. The molecule has 2 aromatic rings. The second kappa shape index (κ2) is 6.17. The van der Waals surface area contributed by atoms with E-state index >= 15 is 0 Å². The standard InChI is InChI=1S/C14H9F3N2O2S/c15-12-5-4-10(13(16)14(12)17)8-19-22(20,21)11-3-1-2-9(6-11)7-18/h1-6,19H,8H2. The Morgan fingerprint density at radius 3 is 2.50 bits per heavy atom. The summed E-state index contributed by atoms with van der Waals surface area (Å²) in [5.74, 6) is -4.47. The number of nitriles is 1. The van der Waals surface area contributed by atoms with E-state index in [-0.39, 0.29) is 16.0 Å². The fourth-order valence-electron chi connectivity index (χ4n) is 1.69. The Morgan fingerprint density at radius 2 is 1.82 bits per heavy atom. The molecule has 0 amide bonds. The summed E-state index contributed by atoms with van der Waals surface area (Å²) >= 11 is 0. The summed E-state index contributed by atoms with van der Waals surface area (Å²) in [6, 6.07) is 8.65. The van der Waals surface area contributed by atoms with Crippen molar-refractivity contribution in [3.63, 3.8) is 0 Å². The topological polar surface area (TPSA) is 70.0 Å². The van der Waals surface area contributed by atoms with Crippen molar-refractivity contribution in [2.75, 3.05) is 0 Å². The first-order chi connectivity index (χ1) is 10.3. The van der Waals surface area contributed by atoms with Crippen LogP contribution in [-0.2, 0) is 16.6 Å². The van der Waals surface area contributed by atoms with Gasteiger partial charge in [-0.2, -0.15) is 5.26 Å². The van der Waals surface area contributed by atoms with Crippen LogP contribution in [0.5, 0.6) is 0 Å². The molecular formula is C14H9F3N2O2S. The second-order valence-corrected chi connectivity index (χ2v) is 6.07. The lowest BCUT2D eigenvalue weighted by atomic mass is 10.2. The molecule has 0 aliphatic carbocycles. The zero-order valence-corrected chi connectivity index (χ0v) is 11.8. The van der Waals surface area contributed by atoms with Crippen molar-refractivity contribution in [2.24, 2.45) is 0 Å². The normalized spacial score (nSPS) is 11.2. The highest BCUT2D eigenvalue weighted by Gasteiger charge is 2.18. The monoisotopic (exact) mass is 326 g/mol. The van der Waals surface area contributed by atoms with Gasteiger partial charge in [0.05, 0.1) is 16.5 Å². The Hall–Kier alpha value is -2.37. The van der Waals surface area contributed by atoms with Gasteiger partial charge in [0, 0.05) is 12.1 Å². The van der Waals surface area contributed by atoms with E-state index in [1.807, 2.05) is 0 Å². The molecule has 8 heteroatoms. The minimum Gasteiger partial charge on any atom is -0.207 e. The van der Waals surface area contributed by atoms with Crippen molar-refractivity contribution in [1.29, 1.82) is 5.26 Å². The van der Waals surface area contributed by atoms with Gasteiger partial charge in [-0.25, -0.2) is 26.3 Å². The van der Waals surface area contributed by atoms with E-state index in [4.69, 9.17) is 5.26 Å². The second-order valence-electron chi connectivity index (χ2n) is 4.30. The molecule has 0 aliphatic rings. The Morgan fingerprint density at radius 1 is 1.09 bits per heavy atom. The molecule has 2 rings (SSSR count). The number of benzene rings is 2. The quantitative estimate of drug-likeness (QED) is 0.878. The van der Waals surface area contributed by atoms with Crippen LogP contribution in [0, 0.1) is 28.8 Å². The first-order valence-electron chi connectivity index (χ1n) is 5.97. The van der Waals surface area contributed by atoms with Gasteiger partial charge >= 0.3 is 0 Å². The summed E-state index contributed by atoms with van der Waals surface area (Å²) in [5.41, 5.74) is -0.194. The highest BCUT2D eigenvalue weighted by Crippen LogP contribution is 2.16. The lowest BCUT2D eigenvalue weighted by Crippen LogP contribution is -2.24. The minimum absolute atomic E-state index is 0.141. The van der Waals surface area contributed by atoms with Gasteiger partial charge in [-0.15, -0.1) is 0 Å². The first-order valence-corrected chi connectivity index (χ1v) is 7.45. The summed E-state index contributed by atoms with van der Waals surface area (Å²) in [6.07, 6.45) is 0. The van der Waals surface area contributed by atoms with Crippen molar-refractivity contribution in [1.82, 2.24) is 4.72 Å². The third-order valence-electron chi connectivity index (χ3n) is 2.84. The molecule has 0 aromatic heterocycles. The van der Waals surface area contributed by atoms with Crippen LogP contribution >= 0.6 is 0 Å². The van der Waals surface area contributed by atoms with E-state index in [1.165, 1.54) is 18.2 Å². The zero-order valence-electron chi connectivity index (χ0n) is 11.0. The van der Waals surface area contributed by atoms with Gasteiger partial charge in [0.2, 0.25) is 10.0 Å². The maximum absolute atomic E-state index is 13.5. The van der Waals surface area contributed by atoms with Gasteiger partial charge in [0.1, 0.15) is 0 Å². The smallest absolute Gasteiger partial charge is 0.207 e. The average molecular weight is 326 g/mol. The average Bonchev–Trinajstić information content (AvgIpc) is 2.52. The fraction of sp³-hybridized carbons (Fsp3) is 0.0714. The van der Waals surface area contributed by atoms with E-state index in [2.05, 4.69) is 4.72 Å². The van der Waals surface area contributed by atoms with E-state index in [0.29, 0.717) is 6.07 Å². The van der Waals surface area contributed by atoms with Gasteiger partial charge in [0.15, 0.2) is 17.5 Å². The van der Waals surface area contributed by atoms with Crippen LogP contribution in [0.25, 0.3) is 0 Å². The summed E-state index contributed by atoms with van der Waals surface area (Å²) in [4.78, 5) is -0.186. The number of nitrogens with zero attached hydrogens (tertiary/aromatic N) is 1. The molecule has 2 aromatic carbocycles. The minimum atomic E-state index is -4.01. The molecule has 0 fully saturated rings. The molecule has 0 unspecified atom stereocenters. The molecule has 114 valence electrons. The first kappa shape index (κ1) is 16.0. The van der Waals surface area contributed by atoms with E-state index in [0.717, 1.165) is 12.1 Å². The maximum Gasteiger partial charge on any atom is 0.240 e. The summed E-state index contributed by atoms with van der Waals surface area (Å²) in [6.45, 7) is -0.553. The number of halogens is 3. The van der Waals surface area contributed by atoms with Crippen LogP contribution < -0.4 is 4.72 Å². The fourth-order valence-corrected chi connectivity index (χ4v) is 2.74. The Balaban J connectivity index is 2.24. The molecule has 0 saturated carbocycles. The van der Waals surface area contributed by atoms with Crippen molar-refractivity contribution in [3.8, 4) is 6.07 Å². The third-order valence-corrected chi connectivity index (χ3v) is 4.24. The van der Waals surface area contributed by atoms with Crippen LogP contribution in [0.4, 0.5) is 13.2 Å². The van der Waals surface area contributed by atoms with Crippen LogP contribution in [0.2, 0.25) is 0 Å². The number of hydrogen-bond acceptors (Lipinski definition) is 3. The molecule has 0 bridgehead atoms. The lowest BCUT2D eigenvalue weighted by Gasteiger charge is -2.08. The summed E-state index contributed by atoms with van der Waals surface area (Å²) < 4.78 is 65.4. The van der Waals surface area contributed by atoms with Crippen LogP contribution in [0.1, 0.15) is 11.1 Å². The van der Waals surface area contributed by atoms with Crippen molar-refractivity contribution in [2.45, 2.75) is 11.4 Å². The summed E-state index contributed by atoms with van der Waals surface area (Å²) in [5, 5.41) is 8.74. The van der Waals surface area contributed by atoms with E-state index in [1.54, 1.807) is 6.07 Å². The molecule has 1 N–H and O–H groups in total. The molecule has 4 nitrogen and oxygen atoms in total. The highest BCUT2D eigenvalue weighted by atomic mass is 32.2. The van der Waals surface area contributed by atoms with Gasteiger partial charge in [-0.1, -0.05) is 12.1 Å². The number of rotatable bonds is 4. The van der Waals surface area contributed by atoms with Gasteiger partial charge in [-0.3, -0.25) is 0 Å². The van der Waals surface area contributed by atoms with Crippen molar-refractivity contribution in [3.05, 3.63) is 65.0 Å². The molecule has 22 heavy (non-hydrogen) atoms. The molecule has 0 spiro atoms. The van der Waals surface area contributed by atoms with Gasteiger partial charge < -0.3 is 0 Å². The number of hydrogen-bond donors (Lipinski definition) is 1. The molecular weight excluding hydrogens is 317 g/mol. The molecule has 0 radical (unpaired) electrons. The zero-order chi connectivity index (χ0) is 16.3. The molecule has 0 saturated heterocycles. The van der Waals surface area contributed by atoms with Gasteiger partial charge in [0.25, 0.3) is 0 Å². The third kappa shape index (κ3) is 3.27. The van der Waals surface area contributed by atoms with Crippen molar-refractivity contribution < 1.29 is 21.6 Å². The van der Waals surface area contributed by atoms with Crippen molar-refractivity contribution >= 4 is 10.0 Å². The van der Waals surface area contributed by atoms with Gasteiger partial charge in [-0.05, 0) is 24.3 Å². The predicted octanol–water partition coefficient (Wildman–Crippen LogP) is 2.45.